The second-order valence-electron chi connectivity index (χ2n) is 28.2. The molecule has 8 saturated carbocycles. The third kappa shape index (κ3) is 12.5. The third-order valence-electron chi connectivity index (χ3n) is 22.1. The Balaban J connectivity index is 0.000000247. The van der Waals surface area contributed by atoms with E-state index in [0.29, 0.717) is 34.1 Å². The monoisotopic (exact) mass is 961 g/mol. The van der Waals surface area contributed by atoms with Crippen molar-refractivity contribution in [1.82, 2.24) is 10.6 Å². The van der Waals surface area contributed by atoms with Crippen LogP contribution in [0.2, 0.25) is 0 Å². The predicted octanol–water partition coefficient (Wildman–Crippen LogP) is 12.0. The number of fused-ring (bicyclic) bond motifs is 10. The van der Waals surface area contributed by atoms with Gasteiger partial charge < -0.3 is 30.7 Å². The zero-order valence-corrected chi connectivity index (χ0v) is 48.6. The molecule has 0 heterocycles. The van der Waals surface area contributed by atoms with Gasteiger partial charge in [0.15, 0.2) is 0 Å². The molecular weight excluding hydrogens is 856 g/mol. The number of aliphatic hydroxyl groups is 1. The Labute approximate surface area is 439 Å². The number of rotatable bonds is 10. The van der Waals surface area contributed by atoms with Crippen LogP contribution >= 0.6 is 0 Å². The summed E-state index contributed by atoms with van der Waals surface area (Å²) in [5.74, 6) is 11.5. The molecule has 2 amide bonds. The van der Waals surface area contributed by atoms with E-state index < -0.39 is 11.2 Å². The Morgan fingerprint density at radius 1 is 0.559 bits per heavy atom. The van der Waals surface area contributed by atoms with Gasteiger partial charge in [-0.3, -0.25) is 0 Å². The molecule has 9 heteroatoms. The summed E-state index contributed by atoms with van der Waals surface area (Å²) < 4.78 is 10.8. The molecule has 0 aliphatic heterocycles. The zero-order chi connectivity index (χ0) is 48.0. The molecule has 2 unspecified atom stereocenters. The molecular formula is C59H105N2NaO6. The fraction of sp³-hybridized carbons (Fsp3) is 0.966. The average Bonchev–Trinajstić information content (AvgIpc) is 3.77. The van der Waals surface area contributed by atoms with E-state index in [-0.39, 0.29) is 53.3 Å². The Kier molecular flexibility index (Phi) is 19.7. The minimum Gasteiger partial charge on any atom is -0.870 e. The SMILES string of the molecule is CC(CCCNC(=O)OC(C)(C)C)[C@H]1CC[C@H]2[C@@H]3CC[C@H]4C[C@@H](C)CC[C@]4(C)[C@H]3CC[C@]12C.CC(CCCNC(=O)OC(C)(C)C)[C@H]1CC[C@H]2[C@@H]3CC[C@H]4C[C@@H](O)CC[C@]4(C)[C@H]3CC[C@]12C.[Na+].[OH-]. The quantitative estimate of drug-likeness (QED) is 0.148. The Bertz CT molecular complexity index is 1530. The van der Waals surface area contributed by atoms with Gasteiger partial charge in [0.1, 0.15) is 11.2 Å². The average molecular weight is 961 g/mol. The fourth-order valence-electron chi connectivity index (χ4n) is 18.9. The summed E-state index contributed by atoms with van der Waals surface area (Å²) in [5, 5.41) is 16.2. The van der Waals surface area contributed by atoms with Crippen molar-refractivity contribution in [2.24, 2.45) is 98.6 Å². The molecule has 0 aromatic heterocycles. The fourth-order valence-corrected chi connectivity index (χ4v) is 18.9. The van der Waals surface area contributed by atoms with E-state index in [9.17, 15) is 14.7 Å². The van der Waals surface area contributed by atoms with Crippen molar-refractivity contribution in [1.29, 1.82) is 0 Å². The summed E-state index contributed by atoms with van der Waals surface area (Å²) in [4.78, 5) is 23.9. The van der Waals surface area contributed by atoms with E-state index >= 15 is 0 Å². The van der Waals surface area contributed by atoms with Crippen LogP contribution in [-0.4, -0.2) is 53.2 Å². The van der Waals surface area contributed by atoms with Gasteiger partial charge >= 0.3 is 41.7 Å². The van der Waals surface area contributed by atoms with Gasteiger partial charge in [-0.05, 0) is 275 Å². The summed E-state index contributed by atoms with van der Waals surface area (Å²) in [5.41, 5.74) is 1.29. The summed E-state index contributed by atoms with van der Waals surface area (Å²) in [6, 6.07) is 0. The van der Waals surface area contributed by atoms with Crippen LogP contribution in [0.5, 0.6) is 0 Å². The topological polar surface area (TPSA) is 127 Å². The van der Waals surface area contributed by atoms with Gasteiger partial charge in [-0.1, -0.05) is 54.9 Å². The zero-order valence-electron chi connectivity index (χ0n) is 46.6. The van der Waals surface area contributed by atoms with Crippen LogP contribution in [0.15, 0.2) is 0 Å². The van der Waals surface area contributed by atoms with Gasteiger partial charge in [0.05, 0.1) is 6.10 Å². The minimum absolute atomic E-state index is 0. The van der Waals surface area contributed by atoms with Gasteiger partial charge in [-0.15, -0.1) is 0 Å². The molecule has 8 fully saturated rings. The number of nitrogens with one attached hydrogen (secondary N) is 2. The van der Waals surface area contributed by atoms with Crippen LogP contribution in [0.3, 0.4) is 0 Å². The molecule has 0 aromatic rings. The summed E-state index contributed by atoms with van der Waals surface area (Å²) >= 11 is 0. The van der Waals surface area contributed by atoms with E-state index in [0.717, 1.165) is 103 Å². The first-order chi connectivity index (χ1) is 30.9. The van der Waals surface area contributed by atoms with Crippen molar-refractivity contribution in [3.05, 3.63) is 0 Å². The third-order valence-corrected chi connectivity index (χ3v) is 22.1. The van der Waals surface area contributed by atoms with Crippen molar-refractivity contribution in [3.8, 4) is 0 Å². The normalized spacial score (nSPS) is 42.4. The summed E-state index contributed by atoms with van der Waals surface area (Å²) in [6.07, 6.45) is 28.9. The second-order valence-corrected chi connectivity index (χ2v) is 28.2. The number of carbonyl (C=O) groups excluding carboxylic acids is 2. The van der Waals surface area contributed by atoms with Crippen molar-refractivity contribution in [2.75, 3.05) is 13.1 Å². The molecule has 388 valence electrons. The molecule has 0 aromatic carbocycles. The van der Waals surface area contributed by atoms with Crippen molar-refractivity contribution in [2.45, 2.75) is 249 Å². The molecule has 8 aliphatic carbocycles. The molecule has 8 aliphatic rings. The van der Waals surface area contributed by atoms with Gasteiger partial charge in [-0.25, -0.2) is 9.59 Å². The molecule has 0 spiro atoms. The minimum atomic E-state index is -0.433. The molecule has 8 nitrogen and oxygen atoms in total. The van der Waals surface area contributed by atoms with Gasteiger partial charge in [0.2, 0.25) is 0 Å². The van der Waals surface area contributed by atoms with E-state index in [1.54, 1.807) is 0 Å². The van der Waals surface area contributed by atoms with Crippen LogP contribution in [0.25, 0.3) is 0 Å². The molecule has 8 rings (SSSR count). The number of alkyl carbamates (subject to hydrolysis) is 2. The van der Waals surface area contributed by atoms with Crippen molar-refractivity contribution >= 4 is 12.2 Å². The van der Waals surface area contributed by atoms with Gasteiger partial charge in [0.25, 0.3) is 0 Å². The first-order valence-corrected chi connectivity index (χ1v) is 28.5. The molecule has 68 heavy (non-hydrogen) atoms. The van der Waals surface area contributed by atoms with Crippen LogP contribution < -0.4 is 40.2 Å². The smallest absolute Gasteiger partial charge is 0.870 e. The number of hydrogen-bond donors (Lipinski definition) is 3. The van der Waals surface area contributed by atoms with E-state index in [4.69, 9.17) is 9.47 Å². The molecule has 4 N–H and O–H groups in total. The Morgan fingerprint density at radius 2 is 0.941 bits per heavy atom. The van der Waals surface area contributed by atoms with Crippen molar-refractivity contribution < 1.29 is 59.2 Å². The Hall–Kier alpha value is -0.540. The second kappa shape index (κ2) is 22.9. The molecule has 0 radical (unpaired) electrons. The largest absolute Gasteiger partial charge is 1.00 e. The summed E-state index contributed by atoms with van der Waals surface area (Å²) in [6.45, 7) is 31.0. The number of ether oxygens (including phenoxy) is 2. The van der Waals surface area contributed by atoms with Crippen LogP contribution in [0, 0.1) is 98.6 Å². The maximum atomic E-state index is 11.9. The first kappa shape index (κ1) is 58.4. The van der Waals surface area contributed by atoms with Gasteiger partial charge in [0, 0.05) is 13.1 Å². The molecule has 0 bridgehead atoms. The predicted molar refractivity (Wildman–Crippen MR) is 273 cm³/mol. The Morgan fingerprint density at radius 3 is 1.37 bits per heavy atom. The number of amides is 2. The maximum Gasteiger partial charge on any atom is 1.00 e. The van der Waals surface area contributed by atoms with E-state index in [2.05, 4.69) is 59.1 Å². The van der Waals surface area contributed by atoms with Crippen LogP contribution in [0.1, 0.15) is 231 Å². The first-order valence-electron chi connectivity index (χ1n) is 28.5. The van der Waals surface area contributed by atoms with Crippen molar-refractivity contribution in [3.63, 3.8) is 0 Å². The van der Waals surface area contributed by atoms with E-state index in [1.165, 1.54) is 116 Å². The van der Waals surface area contributed by atoms with Gasteiger partial charge in [-0.2, -0.15) is 0 Å². The molecule has 0 saturated heterocycles. The van der Waals surface area contributed by atoms with E-state index in [1.807, 2.05) is 41.5 Å². The number of hydrogen-bond acceptors (Lipinski definition) is 6. The van der Waals surface area contributed by atoms with Crippen LogP contribution in [0.4, 0.5) is 9.59 Å². The van der Waals surface area contributed by atoms with Crippen LogP contribution in [-0.2, 0) is 9.47 Å². The number of aliphatic hydroxyl groups excluding tert-OH is 1. The summed E-state index contributed by atoms with van der Waals surface area (Å²) in [7, 11) is 0. The maximum absolute atomic E-state index is 11.9. The standard InChI is InChI=1S/C30H53NO2.C29H51NO3.Na.H2O/c1-20-14-16-29(6)22(19-20)10-11-23-25-13-12-24(30(25,7)17-15-26(23)29)21(2)9-8-18-31-27(32)33-28(3,4)5;1-19(8-7-17-30-26(32)33-27(2,3)4)23-11-12-24-22-10-9-20-18-21(31)13-15-28(20,5)25(22)14-16-29(23,24)6;;/h20-26H,8-19H2,1-7H3,(H,31,32);19-25,31H,7-18H2,1-6H3,(H,30,32);;1H2/q;;+1;/p-1/t20-,21?,22-,23-,24+,25-,26-,29-,30+;19?,20-,21-,22-,23+,24-,25-,28-,29+;;/m00../s1. The number of carbonyl (C=O) groups is 2. The molecule has 18 atom stereocenters.